The summed E-state index contributed by atoms with van der Waals surface area (Å²) in [6.07, 6.45) is 8.87. The molecule has 1 aromatic heterocycles. The Balaban J connectivity index is 2.20. The van der Waals surface area contributed by atoms with Crippen molar-refractivity contribution in [1.29, 1.82) is 0 Å². The van der Waals surface area contributed by atoms with Crippen molar-refractivity contribution in [2.75, 3.05) is 25.2 Å². The van der Waals surface area contributed by atoms with Crippen LogP contribution < -0.4 is 15.0 Å². The number of hydrogen-bond acceptors (Lipinski definition) is 7. The van der Waals surface area contributed by atoms with Crippen molar-refractivity contribution in [2.45, 2.75) is 26.2 Å². The number of carbonyl (C=O) groups is 1. The van der Waals surface area contributed by atoms with Gasteiger partial charge in [0.2, 0.25) is 10.0 Å². The summed E-state index contributed by atoms with van der Waals surface area (Å²) in [5.41, 5.74) is 2.53. The van der Waals surface area contributed by atoms with Crippen molar-refractivity contribution in [1.82, 2.24) is 9.55 Å². The second-order valence-electron chi connectivity index (χ2n) is 9.15. The highest BCUT2D eigenvalue weighted by Gasteiger charge is 2.23. The first-order valence-electron chi connectivity index (χ1n) is 11.0. The first-order valence-corrected chi connectivity index (χ1v) is 12.9. The number of nitrogens with one attached hydrogen (secondary N) is 1. The molecule has 36 heavy (non-hydrogen) atoms. The van der Waals surface area contributed by atoms with Crippen molar-refractivity contribution >= 4 is 33.8 Å². The molecule has 0 aliphatic heterocycles. The molecule has 10 heteroatoms. The Hall–Kier alpha value is -3.92. The molecule has 0 radical (unpaired) electrons. The Bertz CT molecular complexity index is 1480. The van der Waals surface area contributed by atoms with Gasteiger partial charge in [-0.3, -0.25) is 19.1 Å². The largest absolute Gasteiger partial charge is 0.496 e. The summed E-state index contributed by atoms with van der Waals surface area (Å²) >= 11 is 0. The van der Waals surface area contributed by atoms with Crippen LogP contribution in [0.25, 0.3) is 17.8 Å². The first kappa shape index (κ1) is 26.7. The first-order chi connectivity index (χ1) is 16.8. The Kier molecular flexibility index (Phi) is 7.68. The van der Waals surface area contributed by atoms with Crippen molar-refractivity contribution in [3.05, 3.63) is 81.5 Å². The average Bonchev–Trinajstić information content (AvgIpc) is 2.80. The fourth-order valence-electron chi connectivity index (χ4n) is 3.69. The Morgan fingerprint density at radius 3 is 2.36 bits per heavy atom. The molecule has 2 aromatic carbocycles. The van der Waals surface area contributed by atoms with Gasteiger partial charge in [0.25, 0.3) is 5.56 Å². The summed E-state index contributed by atoms with van der Waals surface area (Å²) in [4.78, 5) is 28.8. The number of rotatable bonds is 7. The zero-order valence-electron chi connectivity index (χ0n) is 21.0. The van der Waals surface area contributed by atoms with E-state index in [1.165, 1.54) is 30.1 Å². The lowest BCUT2D eigenvalue weighted by Crippen LogP contribution is -2.19. The van der Waals surface area contributed by atoms with Crippen LogP contribution in [-0.2, 0) is 20.2 Å². The highest BCUT2D eigenvalue weighted by molar-refractivity contribution is 7.92. The van der Waals surface area contributed by atoms with Crippen LogP contribution in [-0.4, -0.2) is 44.4 Å². The number of ether oxygens (including phenoxy) is 2. The predicted octanol–water partition coefficient (Wildman–Crippen LogP) is 3.87. The molecule has 1 heterocycles. The van der Waals surface area contributed by atoms with Gasteiger partial charge in [0, 0.05) is 34.9 Å². The standard InChI is InChI=1S/C26H29N3O6S/c1-26(2,3)22-15-20(29-12-11-27-16-23(29)30)13-18(24(22)34-4)8-7-17-9-10-19(28-36(6,32)33)14-21(17)25(31)35-5/h7-16,28H,1-6H3. The molecule has 0 bridgehead atoms. The third-order valence-electron chi connectivity index (χ3n) is 5.32. The normalized spacial score (nSPS) is 11.9. The van der Waals surface area contributed by atoms with E-state index in [1.807, 2.05) is 32.9 Å². The minimum Gasteiger partial charge on any atom is -0.496 e. The van der Waals surface area contributed by atoms with Gasteiger partial charge in [-0.05, 0) is 35.2 Å². The molecule has 0 unspecified atom stereocenters. The van der Waals surface area contributed by atoms with Crippen LogP contribution in [0.2, 0.25) is 0 Å². The molecule has 1 N–H and O–H groups in total. The summed E-state index contributed by atoms with van der Waals surface area (Å²) in [6, 6.07) is 8.30. The summed E-state index contributed by atoms with van der Waals surface area (Å²) in [5, 5.41) is 0. The van der Waals surface area contributed by atoms with Gasteiger partial charge >= 0.3 is 5.97 Å². The van der Waals surface area contributed by atoms with Crippen LogP contribution in [0, 0.1) is 0 Å². The molecule has 3 rings (SSSR count). The maximum atomic E-state index is 12.5. The van der Waals surface area contributed by atoms with E-state index in [4.69, 9.17) is 9.47 Å². The SMILES string of the molecule is COC(=O)c1cc(NS(C)(=O)=O)ccc1C=Cc1cc(-n2ccncc2=O)cc(C(C)(C)C)c1OC. The summed E-state index contributed by atoms with van der Waals surface area (Å²) in [6.45, 7) is 6.13. The number of anilines is 1. The monoisotopic (exact) mass is 511 g/mol. The average molecular weight is 512 g/mol. The lowest BCUT2D eigenvalue weighted by atomic mass is 9.84. The molecule has 0 amide bonds. The van der Waals surface area contributed by atoms with E-state index in [9.17, 15) is 18.0 Å². The molecule has 3 aromatic rings. The van der Waals surface area contributed by atoms with Gasteiger partial charge in [-0.1, -0.05) is 39.0 Å². The van der Waals surface area contributed by atoms with E-state index in [0.29, 0.717) is 22.6 Å². The van der Waals surface area contributed by atoms with Gasteiger partial charge in [-0.15, -0.1) is 0 Å². The maximum absolute atomic E-state index is 12.5. The zero-order valence-corrected chi connectivity index (χ0v) is 21.8. The number of nitrogens with zero attached hydrogens (tertiary/aromatic N) is 2. The number of benzene rings is 2. The fourth-order valence-corrected chi connectivity index (χ4v) is 4.24. The fraction of sp³-hybridized carbons (Fsp3) is 0.269. The van der Waals surface area contributed by atoms with Crippen LogP contribution in [0.1, 0.15) is 47.8 Å². The lowest BCUT2D eigenvalue weighted by Gasteiger charge is -2.25. The molecule has 0 spiro atoms. The van der Waals surface area contributed by atoms with Gasteiger partial charge < -0.3 is 9.47 Å². The zero-order chi connectivity index (χ0) is 26.7. The highest BCUT2D eigenvalue weighted by atomic mass is 32.2. The third-order valence-corrected chi connectivity index (χ3v) is 5.93. The van der Waals surface area contributed by atoms with E-state index >= 15 is 0 Å². The van der Waals surface area contributed by atoms with Gasteiger partial charge in [-0.25, -0.2) is 13.2 Å². The predicted molar refractivity (Wildman–Crippen MR) is 140 cm³/mol. The molecule has 0 saturated heterocycles. The van der Waals surface area contributed by atoms with E-state index in [2.05, 4.69) is 9.71 Å². The third kappa shape index (κ3) is 6.19. The summed E-state index contributed by atoms with van der Waals surface area (Å²) < 4.78 is 37.7. The number of sulfonamides is 1. The molecular weight excluding hydrogens is 482 g/mol. The van der Waals surface area contributed by atoms with Gasteiger partial charge in [0.05, 0.1) is 32.2 Å². The number of esters is 1. The molecule has 190 valence electrons. The maximum Gasteiger partial charge on any atom is 0.338 e. The second kappa shape index (κ2) is 10.4. The van der Waals surface area contributed by atoms with E-state index in [0.717, 1.165) is 11.8 Å². The minimum atomic E-state index is -3.53. The molecular formula is C26H29N3O6S. The van der Waals surface area contributed by atoms with E-state index < -0.39 is 16.0 Å². The molecule has 0 aliphatic rings. The molecule has 0 aliphatic carbocycles. The molecule has 0 fully saturated rings. The van der Waals surface area contributed by atoms with Crippen molar-refractivity contribution in [2.24, 2.45) is 0 Å². The number of methoxy groups -OCH3 is 2. The minimum absolute atomic E-state index is 0.180. The Labute approximate surface area is 210 Å². The highest BCUT2D eigenvalue weighted by Crippen LogP contribution is 2.37. The second-order valence-corrected chi connectivity index (χ2v) is 10.9. The summed E-state index contributed by atoms with van der Waals surface area (Å²) in [7, 11) is -0.700. The van der Waals surface area contributed by atoms with Crippen LogP contribution in [0.15, 0.2) is 53.7 Å². The quantitative estimate of drug-likeness (QED) is 0.378. The van der Waals surface area contributed by atoms with Crippen LogP contribution in [0.3, 0.4) is 0 Å². The number of aromatic nitrogens is 2. The molecule has 9 nitrogen and oxygen atoms in total. The van der Waals surface area contributed by atoms with Gasteiger partial charge in [-0.2, -0.15) is 0 Å². The van der Waals surface area contributed by atoms with Crippen molar-refractivity contribution in [3.8, 4) is 11.4 Å². The van der Waals surface area contributed by atoms with E-state index in [1.54, 1.807) is 37.6 Å². The molecule has 0 atom stereocenters. The molecule has 0 saturated carbocycles. The lowest BCUT2D eigenvalue weighted by molar-refractivity contribution is 0.0600. The van der Waals surface area contributed by atoms with E-state index in [-0.39, 0.29) is 22.2 Å². The van der Waals surface area contributed by atoms with Crippen LogP contribution in [0.4, 0.5) is 5.69 Å². The van der Waals surface area contributed by atoms with Crippen LogP contribution in [0.5, 0.6) is 5.75 Å². The topological polar surface area (TPSA) is 117 Å². The van der Waals surface area contributed by atoms with Gasteiger partial charge in [0.1, 0.15) is 5.75 Å². The Morgan fingerprint density at radius 1 is 1.08 bits per heavy atom. The number of hydrogen-bond donors (Lipinski definition) is 1. The van der Waals surface area contributed by atoms with Gasteiger partial charge in [0.15, 0.2) is 0 Å². The number of carbonyl (C=O) groups excluding carboxylic acids is 1. The summed E-state index contributed by atoms with van der Waals surface area (Å²) in [5.74, 6) is 0.00539. The van der Waals surface area contributed by atoms with Crippen LogP contribution >= 0.6 is 0 Å². The van der Waals surface area contributed by atoms with Crippen molar-refractivity contribution < 1.29 is 22.7 Å². The Morgan fingerprint density at radius 2 is 1.78 bits per heavy atom. The smallest absolute Gasteiger partial charge is 0.338 e. The van der Waals surface area contributed by atoms with Crippen molar-refractivity contribution in [3.63, 3.8) is 0 Å².